The van der Waals surface area contributed by atoms with Crippen LogP contribution in [0.2, 0.25) is 0 Å². The first-order valence-corrected chi connectivity index (χ1v) is 7.22. The molecule has 94 valence electrons. The molecule has 2 heteroatoms. The van der Waals surface area contributed by atoms with E-state index in [1.165, 1.54) is 12.0 Å². The van der Waals surface area contributed by atoms with Gasteiger partial charge in [0.15, 0.2) is 0 Å². The first-order chi connectivity index (χ1) is 7.90. The van der Waals surface area contributed by atoms with E-state index in [0.717, 1.165) is 11.7 Å². The van der Waals surface area contributed by atoms with Crippen molar-refractivity contribution >= 4 is 15.9 Å². The third kappa shape index (κ3) is 3.04. The van der Waals surface area contributed by atoms with Crippen molar-refractivity contribution in [3.8, 4) is 5.75 Å². The zero-order valence-electron chi connectivity index (χ0n) is 11.0. The van der Waals surface area contributed by atoms with E-state index in [-0.39, 0.29) is 6.10 Å². The second-order valence-electron chi connectivity index (χ2n) is 5.94. The maximum Gasteiger partial charge on any atom is 0.119 e. The van der Waals surface area contributed by atoms with E-state index in [2.05, 4.69) is 54.0 Å². The van der Waals surface area contributed by atoms with Crippen LogP contribution in [-0.4, -0.2) is 6.10 Å². The van der Waals surface area contributed by atoms with Gasteiger partial charge < -0.3 is 4.74 Å². The molecule has 1 fully saturated rings. The minimum absolute atomic E-state index is 0.239. The maximum absolute atomic E-state index is 5.65. The van der Waals surface area contributed by atoms with Gasteiger partial charge in [0.05, 0.1) is 6.10 Å². The van der Waals surface area contributed by atoms with Gasteiger partial charge in [0, 0.05) is 4.83 Å². The zero-order chi connectivity index (χ0) is 12.6. The number of alkyl halides is 1. The Kier molecular flexibility index (Phi) is 3.53. The summed E-state index contributed by atoms with van der Waals surface area (Å²) in [6.45, 7) is 8.77. The van der Waals surface area contributed by atoms with Crippen LogP contribution in [0.3, 0.4) is 0 Å². The molecule has 1 aromatic carbocycles. The normalized spacial score (nSPS) is 23.5. The van der Waals surface area contributed by atoms with Gasteiger partial charge >= 0.3 is 0 Å². The molecule has 1 aromatic rings. The molecule has 0 aromatic heterocycles. The van der Waals surface area contributed by atoms with Crippen molar-refractivity contribution in [1.82, 2.24) is 0 Å². The van der Waals surface area contributed by atoms with E-state index >= 15 is 0 Å². The number of hydrogen-bond acceptors (Lipinski definition) is 1. The molecule has 0 N–H and O–H groups in total. The van der Waals surface area contributed by atoms with Gasteiger partial charge in [-0.15, -0.1) is 0 Å². The van der Waals surface area contributed by atoms with Crippen molar-refractivity contribution in [3.05, 3.63) is 29.8 Å². The zero-order valence-corrected chi connectivity index (χ0v) is 12.6. The molecule has 1 saturated carbocycles. The lowest BCUT2D eigenvalue weighted by molar-refractivity contribution is 0.242. The Morgan fingerprint density at radius 1 is 1.24 bits per heavy atom. The standard InChI is InChI=1S/C15H21BrO/c1-10(2)17-12-7-5-11(6-8-12)14(16)13-9-15(13,3)4/h5-8,10,13-14H,9H2,1-4H3. The van der Waals surface area contributed by atoms with Gasteiger partial charge in [-0.25, -0.2) is 0 Å². The summed E-state index contributed by atoms with van der Waals surface area (Å²) in [5.41, 5.74) is 1.86. The van der Waals surface area contributed by atoms with Crippen LogP contribution in [0.4, 0.5) is 0 Å². The highest BCUT2D eigenvalue weighted by atomic mass is 79.9. The van der Waals surface area contributed by atoms with E-state index in [1.54, 1.807) is 0 Å². The Hall–Kier alpha value is -0.500. The van der Waals surface area contributed by atoms with Gasteiger partial charge in [0.1, 0.15) is 5.75 Å². The predicted octanol–water partition coefficient (Wildman–Crippen LogP) is 4.96. The molecule has 0 radical (unpaired) electrons. The van der Waals surface area contributed by atoms with Crippen LogP contribution in [0.5, 0.6) is 5.75 Å². The fraction of sp³-hybridized carbons (Fsp3) is 0.600. The topological polar surface area (TPSA) is 9.23 Å². The molecule has 2 unspecified atom stereocenters. The van der Waals surface area contributed by atoms with Crippen LogP contribution in [0.1, 0.15) is 44.5 Å². The van der Waals surface area contributed by atoms with Crippen LogP contribution < -0.4 is 4.74 Å². The summed E-state index contributed by atoms with van der Waals surface area (Å²) >= 11 is 3.82. The Morgan fingerprint density at radius 3 is 2.18 bits per heavy atom. The highest BCUT2D eigenvalue weighted by Gasteiger charge is 2.49. The quantitative estimate of drug-likeness (QED) is 0.714. The van der Waals surface area contributed by atoms with Crippen LogP contribution in [0, 0.1) is 11.3 Å². The lowest BCUT2D eigenvalue weighted by Crippen LogP contribution is -2.05. The van der Waals surface area contributed by atoms with Crippen LogP contribution in [0.15, 0.2) is 24.3 Å². The molecule has 0 heterocycles. The van der Waals surface area contributed by atoms with Crippen molar-refractivity contribution in [2.24, 2.45) is 11.3 Å². The third-order valence-electron chi connectivity index (χ3n) is 3.51. The minimum Gasteiger partial charge on any atom is -0.491 e. The van der Waals surface area contributed by atoms with Crippen molar-refractivity contribution in [3.63, 3.8) is 0 Å². The van der Waals surface area contributed by atoms with Crippen molar-refractivity contribution in [2.75, 3.05) is 0 Å². The molecule has 17 heavy (non-hydrogen) atoms. The molecule has 0 bridgehead atoms. The fourth-order valence-corrected chi connectivity index (χ4v) is 3.45. The van der Waals surface area contributed by atoms with E-state index in [4.69, 9.17) is 4.74 Å². The summed E-state index contributed by atoms with van der Waals surface area (Å²) in [5.74, 6) is 1.72. The lowest BCUT2D eigenvalue weighted by Gasteiger charge is -2.14. The molecule has 0 spiro atoms. The number of halogens is 1. The molecular weight excluding hydrogens is 276 g/mol. The summed E-state index contributed by atoms with van der Waals surface area (Å²) in [4.78, 5) is 0.477. The summed E-state index contributed by atoms with van der Waals surface area (Å²) in [7, 11) is 0. The summed E-state index contributed by atoms with van der Waals surface area (Å²) in [6, 6.07) is 8.48. The van der Waals surface area contributed by atoms with Crippen molar-refractivity contribution in [2.45, 2.75) is 45.0 Å². The largest absolute Gasteiger partial charge is 0.491 e. The van der Waals surface area contributed by atoms with E-state index in [1.807, 2.05) is 13.8 Å². The average Bonchev–Trinajstić information content (AvgIpc) is 2.87. The molecular formula is C15H21BrO. The van der Waals surface area contributed by atoms with Crippen molar-refractivity contribution in [1.29, 1.82) is 0 Å². The highest BCUT2D eigenvalue weighted by Crippen LogP contribution is 2.60. The molecule has 0 amide bonds. The van der Waals surface area contributed by atoms with E-state index in [0.29, 0.717) is 10.2 Å². The molecule has 2 rings (SSSR count). The van der Waals surface area contributed by atoms with Crippen LogP contribution >= 0.6 is 15.9 Å². The minimum atomic E-state index is 0.239. The van der Waals surface area contributed by atoms with E-state index < -0.39 is 0 Å². The molecule has 0 aliphatic heterocycles. The van der Waals surface area contributed by atoms with Gasteiger partial charge in [-0.2, -0.15) is 0 Å². The van der Waals surface area contributed by atoms with Gasteiger partial charge in [-0.1, -0.05) is 41.9 Å². The van der Waals surface area contributed by atoms with Gasteiger partial charge in [0.2, 0.25) is 0 Å². The Labute approximate surface area is 113 Å². The van der Waals surface area contributed by atoms with Crippen LogP contribution in [0.25, 0.3) is 0 Å². The average molecular weight is 297 g/mol. The molecule has 2 atom stereocenters. The molecule has 1 aliphatic carbocycles. The summed E-state index contributed by atoms with van der Waals surface area (Å²) in [6.07, 6.45) is 1.55. The second kappa shape index (κ2) is 4.64. The Balaban J connectivity index is 2.03. The molecule has 1 nitrogen and oxygen atoms in total. The van der Waals surface area contributed by atoms with Crippen molar-refractivity contribution < 1.29 is 4.74 Å². The smallest absolute Gasteiger partial charge is 0.119 e. The molecule has 0 saturated heterocycles. The lowest BCUT2D eigenvalue weighted by atomic mass is 10.0. The number of rotatable bonds is 4. The third-order valence-corrected chi connectivity index (χ3v) is 4.68. The predicted molar refractivity (Wildman–Crippen MR) is 75.8 cm³/mol. The van der Waals surface area contributed by atoms with Gasteiger partial charge in [-0.3, -0.25) is 0 Å². The van der Waals surface area contributed by atoms with Crippen LogP contribution in [-0.2, 0) is 0 Å². The first-order valence-electron chi connectivity index (χ1n) is 6.31. The van der Waals surface area contributed by atoms with E-state index in [9.17, 15) is 0 Å². The summed E-state index contributed by atoms with van der Waals surface area (Å²) < 4.78 is 5.65. The number of hydrogen-bond donors (Lipinski definition) is 0. The number of ether oxygens (including phenoxy) is 1. The maximum atomic E-state index is 5.65. The monoisotopic (exact) mass is 296 g/mol. The Morgan fingerprint density at radius 2 is 1.76 bits per heavy atom. The molecule has 1 aliphatic rings. The second-order valence-corrected chi connectivity index (χ2v) is 6.92. The first kappa shape index (κ1) is 12.9. The number of benzene rings is 1. The Bertz CT molecular complexity index is 380. The van der Waals surface area contributed by atoms with Gasteiger partial charge in [-0.05, 0) is 49.3 Å². The summed E-state index contributed by atoms with van der Waals surface area (Å²) in [5, 5.41) is 0. The fourth-order valence-electron chi connectivity index (χ4n) is 2.24. The highest BCUT2D eigenvalue weighted by molar-refractivity contribution is 9.09. The van der Waals surface area contributed by atoms with Gasteiger partial charge in [0.25, 0.3) is 0 Å². The SMILES string of the molecule is CC(C)Oc1ccc(C(Br)C2CC2(C)C)cc1.